The average molecular weight is 465 g/mol. The molecule has 9 heteroatoms. The number of aromatic nitrogens is 2. The summed E-state index contributed by atoms with van der Waals surface area (Å²) in [4.78, 5) is 45.4. The molecule has 2 aromatic carbocycles. The van der Waals surface area contributed by atoms with Gasteiger partial charge < -0.3 is 24.3 Å². The molecule has 0 saturated carbocycles. The summed E-state index contributed by atoms with van der Waals surface area (Å²) in [5.41, 5.74) is 1.08. The summed E-state index contributed by atoms with van der Waals surface area (Å²) in [5, 5.41) is 0.387. The number of aromatic amines is 1. The number of carbonyl (C=O) groups excluding carboxylic acids is 1. The molecule has 1 atom stereocenters. The molecule has 3 heterocycles. The van der Waals surface area contributed by atoms with Gasteiger partial charge in [-0.3, -0.25) is 14.2 Å². The molecule has 2 aliphatic rings. The van der Waals surface area contributed by atoms with Crippen molar-refractivity contribution in [3.05, 3.63) is 68.9 Å². The molecule has 0 spiro atoms. The van der Waals surface area contributed by atoms with E-state index < -0.39 is 5.69 Å². The van der Waals surface area contributed by atoms with Crippen LogP contribution in [-0.2, 0) is 11.3 Å². The molecule has 2 saturated heterocycles. The maximum absolute atomic E-state index is 13.1. The highest BCUT2D eigenvalue weighted by Gasteiger charge is 2.24. The van der Waals surface area contributed by atoms with Gasteiger partial charge in [0.2, 0.25) is 0 Å². The van der Waals surface area contributed by atoms with Gasteiger partial charge in [0.25, 0.3) is 11.5 Å². The van der Waals surface area contributed by atoms with Crippen molar-refractivity contribution in [2.75, 3.05) is 44.8 Å². The van der Waals surface area contributed by atoms with E-state index in [1.54, 1.807) is 30.2 Å². The second kappa shape index (κ2) is 9.34. The van der Waals surface area contributed by atoms with Crippen LogP contribution in [0.5, 0.6) is 5.75 Å². The van der Waals surface area contributed by atoms with Crippen LogP contribution >= 0.6 is 0 Å². The summed E-state index contributed by atoms with van der Waals surface area (Å²) in [6.07, 6.45) is 1.65. The van der Waals surface area contributed by atoms with Gasteiger partial charge in [0.1, 0.15) is 5.75 Å². The number of hydrogen-bond acceptors (Lipinski definition) is 6. The molecule has 9 nitrogen and oxygen atoms in total. The lowest BCUT2D eigenvalue weighted by atomic mass is 10.1. The van der Waals surface area contributed by atoms with Gasteiger partial charge in [-0.25, -0.2) is 4.79 Å². The van der Waals surface area contributed by atoms with Gasteiger partial charge in [0.05, 0.1) is 30.7 Å². The zero-order valence-electron chi connectivity index (χ0n) is 19.2. The summed E-state index contributed by atoms with van der Waals surface area (Å²) in [6.45, 7) is 3.51. The predicted octanol–water partition coefficient (Wildman–Crippen LogP) is 1.84. The molecule has 1 aromatic heterocycles. The first-order valence-electron chi connectivity index (χ1n) is 11.6. The molecule has 0 bridgehead atoms. The minimum absolute atomic E-state index is 0.110. The van der Waals surface area contributed by atoms with E-state index in [0.29, 0.717) is 36.2 Å². The first-order chi connectivity index (χ1) is 16.5. The SMILES string of the molecule is COc1ccc(N2CCN(C(=O)c3ccc4c(=O)n(CC5CCCO5)c(=O)[nH]c4c3)CC2)cc1. The molecule has 34 heavy (non-hydrogen) atoms. The highest BCUT2D eigenvalue weighted by Crippen LogP contribution is 2.21. The van der Waals surface area contributed by atoms with Crippen molar-refractivity contribution >= 4 is 22.5 Å². The number of ether oxygens (including phenoxy) is 2. The molecular weight excluding hydrogens is 436 g/mol. The largest absolute Gasteiger partial charge is 0.497 e. The van der Waals surface area contributed by atoms with Crippen LogP contribution < -0.4 is 20.9 Å². The molecule has 2 aliphatic heterocycles. The maximum Gasteiger partial charge on any atom is 0.328 e. The molecule has 3 aromatic rings. The predicted molar refractivity (Wildman–Crippen MR) is 129 cm³/mol. The van der Waals surface area contributed by atoms with Crippen molar-refractivity contribution in [1.29, 1.82) is 0 Å². The van der Waals surface area contributed by atoms with E-state index in [4.69, 9.17) is 9.47 Å². The first-order valence-corrected chi connectivity index (χ1v) is 11.6. The lowest BCUT2D eigenvalue weighted by Gasteiger charge is -2.36. The van der Waals surface area contributed by atoms with E-state index in [0.717, 1.165) is 37.4 Å². The fourth-order valence-corrected chi connectivity index (χ4v) is 4.69. The van der Waals surface area contributed by atoms with Crippen molar-refractivity contribution in [2.45, 2.75) is 25.5 Å². The molecule has 1 unspecified atom stereocenters. The van der Waals surface area contributed by atoms with Crippen LogP contribution in [0.15, 0.2) is 52.1 Å². The van der Waals surface area contributed by atoms with Crippen LogP contribution in [0.1, 0.15) is 23.2 Å². The smallest absolute Gasteiger partial charge is 0.328 e. The number of carbonyl (C=O) groups is 1. The van der Waals surface area contributed by atoms with E-state index in [1.807, 2.05) is 24.3 Å². The molecule has 1 N–H and O–H groups in total. The van der Waals surface area contributed by atoms with Gasteiger partial charge in [-0.2, -0.15) is 0 Å². The molecule has 0 aliphatic carbocycles. The minimum Gasteiger partial charge on any atom is -0.497 e. The Balaban J connectivity index is 1.30. The number of methoxy groups -OCH3 is 1. The summed E-state index contributed by atoms with van der Waals surface area (Å²) >= 11 is 0. The van der Waals surface area contributed by atoms with Gasteiger partial charge in [0, 0.05) is 44.0 Å². The van der Waals surface area contributed by atoms with Crippen LogP contribution in [-0.4, -0.2) is 66.4 Å². The Morgan fingerprint density at radius 1 is 1.09 bits per heavy atom. The van der Waals surface area contributed by atoms with Crippen molar-refractivity contribution in [2.24, 2.45) is 0 Å². The number of fused-ring (bicyclic) bond motifs is 1. The van der Waals surface area contributed by atoms with Crippen LogP contribution in [0.2, 0.25) is 0 Å². The van der Waals surface area contributed by atoms with Crippen molar-refractivity contribution < 1.29 is 14.3 Å². The Bertz CT molecular complexity index is 1300. The molecule has 1 amide bonds. The highest BCUT2D eigenvalue weighted by atomic mass is 16.5. The van der Waals surface area contributed by atoms with Crippen molar-refractivity contribution in [3.63, 3.8) is 0 Å². The lowest BCUT2D eigenvalue weighted by Crippen LogP contribution is -2.48. The number of rotatable bonds is 5. The van der Waals surface area contributed by atoms with Crippen LogP contribution in [0, 0.1) is 0 Å². The second-order valence-corrected chi connectivity index (χ2v) is 8.72. The topological polar surface area (TPSA) is 96.9 Å². The first kappa shape index (κ1) is 22.2. The Labute approximate surface area is 196 Å². The third-order valence-corrected chi connectivity index (χ3v) is 6.64. The molecule has 0 radical (unpaired) electrons. The maximum atomic E-state index is 13.1. The number of nitrogens with zero attached hydrogens (tertiary/aromatic N) is 3. The number of nitrogens with one attached hydrogen (secondary N) is 1. The zero-order chi connectivity index (χ0) is 23.7. The van der Waals surface area contributed by atoms with Crippen molar-refractivity contribution in [1.82, 2.24) is 14.5 Å². The summed E-state index contributed by atoms with van der Waals surface area (Å²) in [5.74, 6) is 0.700. The number of H-pyrrole nitrogens is 1. The van der Waals surface area contributed by atoms with Gasteiger partial charge in [-0.1, -0.05) is 0 Å². The molecule has 2 fully saturated rings. The van der Waals surface area contributed by atoms with Gasteiger partial charge in [0.15, 0.2) is 0 Å². The Morgan fingerprint density at radius 2 is 1.85 bits per heavy atom. The Morgan fingerprint density at radius 3 is 2.53 bits per heavy atom. The number of anilines is 1. The molecule has 178 valence electrons. The van der Waals surface area contributed by atoms with E-state index in [2.05, 4.69) is 9.88 Å². The normalized spacial score (nSPS) is 18.4. The van der Waals surface area contributed by atoms with Gasteiger partial charge in [-0.05, 0) is 55.3 Å². The number of amides is 1. The minimum atomic E-state index is -0.481. The number of hydrogen-bond donors (Lipinski definition) is 1. The van der Waals surface area contributed by atoms with Gasteiger partial charge >= 0.3 is 5.69 Å². The monoisotopic (exact) mass is 464 g/mol. The van der Waals surface area contributed by atoms with Crippen molar-refractivity contribution in [3.8, 4) is 5.75 Å². The van der Waals surface area contributed by atoms with Gasteiger partial charge in [-0.15, -0.1) is 0 Å². The third kappa shape index (κ3) is 4.31. The summed E-state index contributed by atoms with van der Waals surface area (Å²) in [7, 11) is 1.64. The fourth-order valence-electron chi connectivity index (χ4n) is 4.69. The van der Waals surface area contributed by atoms with Crippen LogP contribution in [0.25, 0.3) is 10.9 Å². The Hall–Kier alpha value is -3.59. The highest BCUT2D eigenvalue weighted by molar-refractivity contribution is 5.97. The number of benzene rings is 2. The average Bonchev–Trinajstić information content (AvgIpc) is 3.39. The summed E-state index contributed by atoms with van der Waals surface area (Å²) in [6, 6.07) is 12.8. The van der Waals surface area contributed by atoms with Crippen LogP contribution in [0.4, 0.5) is 5.69 Å². The van der Waals surface area contributed by atoms with E-state index in [1.165, 1.54) is 4.57 Å². The van der Waals surface area contributed by atoms with E-state index in [-0.39, 0.29) is 24.1 Å². The number of piperazine rings is 1. The van der Waals surface area contributed by atoms with E-state index in [9.17, 15) is 14.4 Å². The Kier molecular flexibility index (Phi) is 6.10. The van der Waals surface area contributed by atoms with E-state index >= 15 is 0 Å². The standard InChI is InChI=1S/C25H28N4O5/c1-33-19-7-5-18(6-8-19)27-10-12-28(13-11-27)23(30)17-4-9-21-22(15-17)26-25(32)29(24(21)31)16-20-3-2-14-34-20/h4-9,15,20H,2-3,10-14,16H2,1H3,(H,26,32). The lowest BCUT2D eigenvalue weighted by molar-refractivity contribution is 0.0747. The fraction of sp³-hybridized carbons (Fsp3) is 0.400. The second-order valence-electron chi connectivity index (χ2n) is 8.72. The zero-order valence-corrected chi connectivity index (χ0v) is 19.2. The van der Waals surface area contributed by atoms with Crippen LogP contribution in [0.3, 0.4) is 0 Å². The third-order valence-electron chi connectivity index (χ3n) is 6.64. The molecule has 5 rings (SSSR count). The molecular formula is C25H28N4O5. The quantitative estimate of drug-likeness (QED) is 0.619. The summed E-state index contributed by atoms with van der Waals surface area (Å²) < 4.78 is 12.0.